The lowest BCUT2D eigenvalue weighted by Crippen LogP contribution is -2.37. The van der Waals surface area contributed by atoms with Crippen molar-refractivity contribution in [3.8, 4) is 17.1 Å². The maximum Gasteiger partial charge on any atom is 0.305 e. The Bertz CT molecular complexity index is 995. The molecule has 7 nitrogen and oxygen atoms in total. The van der Waals surface area contributed by atoms with E-state index in [1.807, 2.05) is 0 Å². The fourth-order valence-electron chi connectivity index (χ4n) is 3.53. The number of rotatable bonds is 5. The molecule has 4 rings (SSSR count). The van der Waals surface area contributed by atoms with Gasteiger partial charge < -0.3 is 14.4 Å². The molecule has 1 fully saturated rings. The Morgan fingerprint density at radius 2 is 2.04 bits per heavy atom. The van der Waals surface area contributed by atoms with E-state index in [9.17, 15) is 9.59 Å². The number of carboxylic acid groups (broad SMARTS) is 1. The monoisotopic (exact) mass is 399 g/mol. The number of aromatic nitrogens is 2. The van der Waals surface area contributed by atoms with Crippen LogP contribution in [0.2, 0.25) is 5.02 Å². The van der Waals surface area contributed by atoms with Gasteiger partial charge in [-0.2, -0.15) is 5.10 Å². The van der Waals surface area contributed by atoms with Gasteiger partial charge in [-0.15, -0.1) is 0 Å². The largest absolute Gasteiger partial charge is 0.481 e. The Labute approximate surface area is 166 Å². The van der Waals surface area contributed by atoms with Crippen molar-refractivity contribution in [2.24, 2.45) is 0 Å². The molecular formula is C20H18ClN3O4. The van der Waals surface area contributed by atoms with E-state index in [4.69, 9.17) is 21.1 Å². The van der Waals surface area contributed by atoms with Crippen LogP contribution >= 0.6 is 11.6 Å². The molecule has 0 bridgehead atoms. The molecule has 3 heterocycles. The predicted molar refractivity (Wildman–Crippen MR) is 103 cm³/mol. The lowest BCUT2D eigenvalue weighted by molar-refractivity contribution is -0.137. The summed E-state index contributed by atoms with van der Waals surface area (Å²) in [6.07, 6.45) is 2.96. The number of furan rings is 1. The Morgan fingerprint density at radius 1 is 1.25 bits per heavy atom. The highest BCUT2D eigenvalue weighted by Gasteiger charge is 2.32. The lowest BCUT2D eigenvalue weighted by Gasteiger charge is -2.22. The van der Waals surface area contributed by atoms with E-state index in [-0.39, 0.29) is 24.1 Å². The third kappa shape index (κ3) is 3.53. The van der Waals surface area contributed by atoms with Gasteiger partial charge in [-0.25, -0.2) is 4.68 Å². The summed E-state index contributed by atoms with van der Waals surface area (Å²) in [5, 5.41) is 14.2. The second-order valence-electron chi connectivity index (χ2n) is 6.67. The average Bonchev–Trinajstić information content (AvgIpc) is 3.41. The maximum atomic E-state index is 13.1. The number of aliphatic carboxylic acids is 1. The first kappa shape index (κ1) is 18.3. The highest BCUT2D eigenvalue weighted by atomic mass is 35.5. The van der Waals surface area contributed by atoms with Crippen molar-refractivity contribution >= 4 is 23.5 Å². The molecule has 1 aliphatic rings. The van der Waals surface area contributed by atoms with E-state index < -0.39 is 5.97 Å². The predicted octanol–water partition coefficient (Wildman–Crippen LogP) is 3.87. The van der Waals surface area contributed by atoms with Crippen LogP contribution in [0.5, 0.6) is 0 Å². The molecule has 144 valence electrons. The molecule has 1 aliphatic heterocycles. The molecule has 3 aromatic rings. The number of likely N-dealkylation sites (tertiary alicyclic amines) is 1. The molecule has 1 amide bonds. The van der Waals surface area contributed by atoms with Gasteiger partial charge in [0.1, 0.15) is 5.69 Å². The zero-order valence-corrected chi connectivity index (χ0v) is 15.7. The van der Waals surface area contributed by atoms with Crippen LogP contribution in [-0.2, 0) is 4.79 Å². The number of nitrogens with zero attached hydrogens (tertiary/aromatic N) is 3. The summed E-state index contributed by atoms with van der Waals surface area (Å²) < 4.78 is 7.14. The number of benzene rings is 1. The molecule has 1 saturated heterocycles. The number of carbonyl (C=O) groups excluding carboxylic acids is 1. The van der Waals surface area contributed by atoms with Crippen LogP contribution in [-0.4, -0.2) is 44.3 Å². The van der Waals surface area contributed by atoms with Crippen LogP contribution in [0.15, 0.2) is 53.1 Å². The summed E-state index contributed by atoms with van der Waals surface area (Å²) in [5.74, 6) is -0.609. The Kier molecular flexibility index (Phi) is 4.92. The van der Waals surface area contributed by atoms with Crippen molar-refractivity contribution in [3.63, 3.8) is 0 Å². The van der Waals surface area contributed by atoms with Gasteiger partial charge in [0.05, 0.1) is 18.4 Å². The van der Waals surface area contributed by atoms with Crippen molar-refractivity contribution < 1.29 is 19.1 Å². The third-order valence-corrected chi connectivity index (χ3v) is 5.07. The molecule has 1 N–H and O–H groups in total. The summed E-state index contributed by atoms with van der Waals surface area (Å²) in [6.45, 7) is 0.528. The summed E-state index contributed by atoms with van der Waals surface area (Å²) >= 11 is 5.98. The van der Waals surface area contributed by atoms with Crippen LogP contribution in [0.4, 0.5) is 0 Å². The minimum absolute atomic E-state index is 0.0608. The molecule has 0 radical (unpaired) electrons. The normalized spacial score (nSPS) is 16.5. The van der Waals surface area contributed by atoms with E-state index in [0.29, 0.717) is 29.4 Å². The SMILES string of the molecule is O=C(O)CC1CCCN1C(=O)c1cc(-c2ccco2)n(-c2ccc(Cl)cc2)n1. The molecule has 1 unspecified atom stereocenters. The fraction of sp³-hybridized carbons (Fsp3) is 0.250. The van der Waals surface area contributed by atoms with E-state index in [1.54, 1.807) is 58.3 Å². The van der Waals surface area contributed by atoms with Gasteiger partial charge in [0.25, 0.3) is 5.91 Å². The van der Waals surface area contributed by atoms with Gasteiger partial charge in [-0.05, 0) is 49.2 Å². The average molecular weight is 400 g/mol. The number of hydrogen-bond donors (Lipinski definition) is 1. The molecule has 0 saturated carbocycles. The van der Waals surface area contributed by atoms with E-state index >= 15 is 0 Å². The van der Waals surface area contributed by atoms with Crippen molar-refractivity contribution in [1.82, 2.24) is 14.7 Å². The summed E-state index contributed by atoms with van der Waals surface area (Å²) in [6, 6.07) is 12.0. The van der Waals surface area contributed by atoms with Crippen LogP contribution in [0, 0.1) is 0 Å². The van der Waals surface area contributed by atoms with Crippen molar-refractivity contribution in [2.75, 3.05) is 6.54 Å². The van der Waals surface area contributed by atoms with Gasteiger partial charge in [0.15, 0.2) is 11.5 Å². The first-order chi connectivity index (χ1) is 13.5. The van der Waals surface area contributed by atoms with Crippen LogP contribution in [0.1, 0.15) is 29.8 Å². The van der Waals surface area contributed by atoms with E-state index in [1.165, 1.54) is 0 Å². The Hall–Kier alpha value is -3.06. The number of hydrogen-bond acceptors (Lipinski definition) is 4. The van der Waals surface area contributed by atoms with Gasteiger partial charge in [0.2, 0.25) is 0 Å². The molecule has 2 aromatic heterocycles. The molecule has 0 aliphatic carbocycles. The van der Waals surface area contributed by atoms with Crippen LogP contribution in [0.25, 0.3) is 17.1 Å². The number of carbonyl (C=O) groups is 2. The van der Waals surface area contributed by atoms with Crippen LogP contribution < -0.4 is 0 Å². The molecule has 1 aromatic carbocycles. The zero-order valence-electron chi connectivity index (χ0n) is 14.9. The van der Waals surface area contributed by atoms with Gasteiger partial charge >= 0.3 is 5.97 Å². The van der Waals surface area contributed by atoms with E-state index in [2.05, 4.69) is 5.10 Å². The summed E-state index contributed by atoms with van der Waals surface area (Å²) in [7, 11) is 0. The third-order valence-electron chi connectivity index (χ3n) is 4.82. The van der Waals surface area contributed by atoms with Crippen molar-refractivity contribution in [1.29, 1.82) is 0 Å². The number of carboxylic acids is 1. The standard InChI is InChI=1S/C20H18ClN3O4/c21-13-5-7-14(8-6-13)24-17(18-4-2-10-28-18)12-16(22-24)20(27)23-9-1-3-15(23)11-19(25)26/h2,4-8,10,12,15H,1,3,9,11H2,(H,25,26). The minimum Gasteiger partial charge on any atom is -0.481 e. The number of amides is 1. The molecule has 1 atom stereocenters. The van der Waals surface area contributed by atoms with Gasteiger partial charge in [0, 0.05) is 23.7 Å². The maximum absolute atomic E-state index is 13.1. The fourth-order valence-corrected chi connectivity index (χ4v) is 3.65. The highest BCUT2D eigenvalue weighted by Crippen LogP contribution is 2.28. The molecule has 8 heteroatoms. The first-order valence-electron chi connectivity index (χ1n) is 8.95. The smallest absolute Gasteiger partial charge is 0.305 e. The van der Waals surface area contributed by atoms with Crippen LogP contribution in [0.3, 0.4) is 0 Å². The van der Waals surface area contributed by atoms with Crippen molar-refractivity contribution in [3.05, 3.63) is 59.4 Å². The second-order valence-corrected chi connectivity index (χ2v) is 7.11. The molecule has 28 heavy (non-hydrogen) atoms. The minimum atomic E-state index is -0.910. The molecule has 0 spiro atoms. The van der Waals surface area contributed by atoms with Crippen molar-refractivity contribution in [2.45, 2.75) is 25.3 Å². The first-order valence-corrected chi connectivity index (χ1v) is 9.33. The second kappa shape index (κ2) is 7.52. The zero-order chi connectivity index (χ0) is 19.7. The summed E-state index contributed by atoms with van der Waals surface area (Å²) in [5.41, 5.74) is 1.61. The topological polar surface area (TPSA) is 88.6 Å². The van der Waals surface area contributed by atoms with Gasteiger partial charge in [-0.1, -0.05) is 11.6 Å². The summed E-state index contributed by atoms with van der Waals surface area (Å²) in [4.78, 5) is 25.8. The number of halogens is 1. The Balaban J connectivity index is 1.72. The van der Waals surface area contributed by atoms with E-state index in [0.717, 1.165) is 12.1 Å². The van der Waals surface area contributed by atoms with Gasteiger partial charge in [-0.3, -0.25) is 9.59 Å². The Morgan fingerprint density at radius 3 is 2.71 bits per heavy atom. The highest BCUT2D eigenvalue weighted by molar-refractivity contribution is 6.30. The lowest BCUT2D eigenvalue weighted by atomic mass is 10.1. The molecular weight excluding hydrogens is 382 g/mol. The quantitative estimate of drug-likeness (QED) is 0.703.